The van der Waals surface area contributed by atoms with Gasteiger partial charge in [-0.1, -0.05) is 18.1 Å². The molecule has 1 aliphatic rings. The van der Waals surface area contributed by atoms with Gasteiger partial charge in [0.2, 0.25) is 5.54 Å². The molecule has 3 atom stereocenters. The molecule has 2 heterocycles. The molecule has 178 valence electrons. The largest absolute Gasteiger partial charge is 0.420 e. The molecule has 1 saturated heterocycles. The summed E-state index contributed by atoms with van der Waals surface area (Å²) in [6, 6.07) is 12.8. The summed E-state index contributed by atoms with van der Waals surface area (Å²) in [5.74, 6) is 1.83. The van der Waals surface area contributed by atoms with Crippen LogP contribution >= 0.6 is 0 Å². The van der Waals surface area contributed by atoms with Crippen molar-refractivity contribution < 1.29 is 14.3 Å². The first-order valence-corrected chi connectivity index (χ1v) is 11.1. The van der Waals surface area contributed by atoms with Gasteiger partial charge in [-0.2, -0.15) is 4.48 Å². The SMILES string of the molecule is C#Cc1ccc([N+]2(C(N)=O)C[C@H](OCC)C[C@]2(C(N)=O)c2ccc(-n3ccncc3=O)cc2)cc1. The minimum absolute atomic E-state index is 0.118. The van der Waals surface area contributed by atoms with Crippen LogP contribution in [0.5, 0.6) is 0 Å². The number of quaternary nitrogens is 1. The monoisotopic (exact) mass is 472 g/mol. The number of rotatable bonds is 6. The molecule has 0 spiro atoms. The lowest BCUT2D eigenvalue weighted by Crippen LogP contribution is -2.70. The molecule has 1 fully saturated rings. The highest BCUT2D eigenvalue weighted by Crippen LogP contribution is 2.49. The van der Waals surface area contributed by atoms with Gasteiger partial charge >= 0.3 is 6.03 Å². The van der Waals surface area contributed by atoms with Gasteiger partial charge in [0.25, 0.3) is 11.5 Å². The van der Waals surface area contributed by atoms with Gasteiger partial charge in [0, 0.05) is 54.4 Å². The lowest BCUT2D eigenvalue weighted by atomic mass is 9.83. The van der Waals surface area contributed by atoms with Crippen LogP contribution in [0, 0.1) is 12.3 Å². The number of hydrogen-bond acceptors (Lipinski definition) is 5. The predicted molar refractivity (Wildman–Crippen MR) is 131 cm³/mol. The van der Waals surface area contributed by atoms with Gasteiger partial charge in [0.05, 0.1) is 6.20 Å². The molecule has 9 heteroatoms. The van der Waals surface area contributed by atoms with E-state index in [0.29, 0.717) is 29.1 Å². The number of urea groups is 1. The summed E-state index contributed by atoms with van der Waals surface area (Å²) in [5, 5.41) is 0. The Balaban J connectivity index is 1.95. The van der Waals surface area contributed by atoms with Gasteiger partial charge in [-0.15, -0.1) is 6.42 Å². The number of nitrogens with zero attached hydrogens (tertiary/aromatic N) is 3. The highest BCUT2D eigenvalue weighted by molar-refractivity contribution is 5.99. The number of likely N-dealkylation sites (tertiary alicyclic amines) is 1. The van der Waals surface area contributed by atoms with Gasteiger partial charge < -0.3 is 16.2 Å². The number of primary amides is 2. The quantitative estimate of drug-likeness (QED) is 0.417. The van der Waals surface area contributed by atoms with E-state index in [1.807, 2.05) is 6.92 Å². The van der Waals surface area contributed by atoms with E-state index in [0.717, 1.165) is 0 Å². The molecule has 2 aromatic carbocycles. The minimum atomic E-state index is -1.55. The average molecular weight is 473 g/mol. The normalized spacial score (nSPS) is 23.5. The number of aromatic nitrogens is 2. The molecule has 0 bridgehead atoms. The van der Waals surface area contributed by atoms with E-state index < -0.39 is 28.1 Å². The topological polar surface area (TPSA) is 130 Å². The zero-order chi connectivity index (χ0) is 25.2. The van der Waals surface area contributed by atoms with Crippen LogP contribution in [0.3, 0.4) is 0 Å². The summed E-state index contributed by atoms with van der Waals surface area (Å²) in [5.41, 5.74) is 12.4. The van der Waals surface area contributed by atoms with Crippen molar-refractivity contribution >= 4 is 17.6 Å². The third-order valence-corrected chi connectivity index (χ3v) is 6.66. The first-order chi connectivity index (χ1) is 16.8. The fourth-order valence-corrected chi connectivity index (χ4v) is 5.13. The van der Waals surface area contributed by atoms with Gasteiger partial charge in [-0.3, -0.25) is 19.1 Å². The van der Waals surface area contributed by atoms with Crippen molar-refractivity contribution in [3.05, 3.63) is 88.6 Å². The molecule has 9 nitrogen and oxygen atoms in total. The highest BCUT2D eigenvalue weighted by Gasteiger charge is 2.68. The van der Waals surface area contributed by atoms with Crippen LogP contribution in [-0.2, 0) is 15.1 Å². The number of carbonyl (C=O) groups is 2. The van der Waals surface area contributed by atoms with E-state index in [1.54, 1.807) is 54.7 Å². The summed E-state index contributed by atoms with van der Waals surface area (Å²) < 4.78 is 6.76. The standard InChI is InChI=1S/C26H25N5O4/c1-3-18-5-11-21(12-6-18)31(25(28)34)17-22(35-4-2)15-26(31,24(27)33)19-7-9-20(10-8-19)30-14-13-29-16-23(30)32/h1,5-14,16,22H,4,15,17H2,2H3,(H3-,27,28,33,34)/p+1/t22-,26-,31?/m1/s1. The molecular weight excluding hydrogens is 446 g/mol. The summed E-state index contributed by atoms with van der Waals surface area (Å²) in [6.07, 6.45) is 9.43. The Kier molecular flexibility index (Phi) is 6.26. The molecule has 35 heavy (non-hydrogen) atoms. The first-order valence-electron chi connectivity index (χ1n) is 11.1. The van der Waals surface area contributed by atoms with E-state index in [4.69, 9.17) is 22.6 Å². The molecule has 0 aliphatic carbocycles. The predicted octanol–water partition coefficient (Wildman–Crippen LogP) is 1.79. The number of nitrogens with two attached hydrogens (primary N) is 2. The van der Waals surface area contributed by atoms with Crippen LogP contribution in [0.1, 0.15) is 24.5 Å². The second kappa shape index (κ2) is 9.18. The van der Waals surface area contributed by atoms with Crippen molar-refractivity contribution in [2.75, 3.05) is 13.2 Å². The van der Waals surface area contributed by atoms with Gasteiger partial charge in [-0.05, 0) is 31.2 Å². The molecule has 1 unspecified atom stereocenters. The van der Waals surface area contributed by atoms with Gasteiger partial charge in [0.1, 0.15) is 18.3 Å². The summed E-state index contributed by atoms with van der Waals surface area (Å²) >= 11 is 0. The summed E-state index contributed by atoms with van der Waals surface area (Å²) in [7, 11) is 0. The second-order valence-electron chi connectivity index (χ2n) is 8.36. The second-order valence-corrected chi connectivity index (χ2v) is 8.36. The molecule has 4 N–H and O–H groups in total. The van der Waals surface area contributed by atoms with Gasteiger partial charge in [0.15, 0.2) is 0 Å². The van der Waals surface area contributed by atoms with Crippen LogP contribution in [0.15, 0.2) is 71.9 Å². The van der Waals surface area contributed by atoms with Crippen LogP contribution in [-0.4, -0.2) is 40.7 Å². The third kappa shape index (κ3) is 3.69. The van der Waals surface area contributed by atoms with Crippen LogP contribution < -0.4 is 21.5 Å². The lowest BCUT2D eigenvalue weighted by Gasteiger charge is -2.42. The summed E-state index contributed by atoms with van der Waals surface area (Å²) in [6.45, 7) is 2.34. The fourth-order valence-electron chi connectivity index (χ4n) is 5.13. The Morgan fingerprint density at radius 1 is 1.20 bits per heavy atom. The van der Waals surface area contributed by atoms with E-state index in [2.05, 4.69) is 10.9 Å². The highest BCUT2D eigenvalue weighted by atomic mass is 16.5. The van der Waals surface area contributed by atoms with Crippen LogP contribution in [0.4, 0.5) is 10.5 Å². The Hall–Kier alpha value is -4.26. The van der Waals surface area contributed by atoms with Crippen molar-refractivity contribution in [2.45, 2.75) is 25.0 Å². The van der Waals surface area contributed by atoms with E-state index >= 15 is 0 Å². The molecule has 3 amide bonds. The summed E-state index contributed by atoms with van der Waals surface area (Å²) in [4.78, 5) is 42.7. The minimum Gasteiger partial charge on any atom is -0.372 e. The van der Waals surface area contributed by atoms with Crippen molar-refractivity contribution in [3.63, 3.8) is 0 Å². The van der Waals surface area contributed by atoms with Crippen LogP contribution in [0.25, 0.3) is 5.69 Å². The Morgan fingerprint density at radius 3 is 2.43 bits per heavy atom. The number of ether oxygens (including phenoxy) is 1. The number of hydrogen-bond donors (Lipinski definition) is 2. The zero-order valence-electron chi connectivity index (χ0n) is 19.3. The van der Waals surface area contributed by atoms with Gasteiger partial charge in [-0.25, -0.2) is 4.79 Å². The van der Waals surface area contributed by atoms with E-state index in [9.17, 15) is 14.4 Å². The molecular formula is C26H26N5O4+. The number of amides is 3. The smallest absolute Gasteiger partial charge is 0.372 e. The Morgan fingerprint density at radius 2 is 1.89 bits per heavy atom. The number of carbonyl (C=O) groups excluding carboxylic acids is 2. The number of terminal acetylenes is 1. The molecule has 1 aromatic heterocycles. The van der Waals surface area contributed by atoms with Crippen molar-refractivity contribution in [3.8, 4) is 18.0 Å². The van der Waals surface area contributed by atoms with Crippen LogP contribution in [0.2, 0.25) is 0 Å². The van der Waals surface area contributed by atoms with Crippen molar-refractivity contribution in [1.29, 1.82) is 0 Å². The fraction of sp³-hybridized carbons (Fsp3) is 0.231. The van der Waals surface area contributed by atoms with E-state index in [-0.39, 0.29) is 18.5 Å². The first kappa shape index (κ1) is 23.9. The maximum Gasteiger partial charge on any atom is 0.420 e. The molecule has 3 aromatic rings. The average Bonchev–Trinajstić information content (AvgIpc) is 3.22. The Labute approximate surface area is 202 Å². The molecule has 1 aliphatic heterocycles. The Bertz CT molecular complexity index is 1360. The van der Waals surface area contributed by atoms with Crippen molar-refractivity contribution in [1.82, 2.24) is 14.0 Å². The number of benzene rings is 2. The molecule has 0 radical (unpaired) electrons. The van der Waals surface area contributed by atoms with E-state index in [1.165, 1.54) is 17.0 Å². The maximum absolute atomic E-state index is 13.3. The third-order valence-electron chi connectivity index (χ3n) is 6.66. The molecule has 0 saturated carbocycles. The molecule has 4 rings (SSSR count). The zero-order valence-corrected chi connectivity index (χ0v) is 19.3. The maximum atomic E-state index is 13.3. The van der Waals surface area contributed by atoms with Crippen molar-refractivity contribution in [2.24, 2.45) is 11.5 Å². The lowest BCUT2D eigenvalue weighted by molar-refractivity contribution is -0.127.